The molecule has 3 rings (SSSR count). The maximum Gasteiger partial charge on any atom is 0.311 e. The van der Waals surface area contributed by atoms with E-state index in [1.54, 1.807) is 30.3 Å². The fourth-order valence-corrected chi connectivity index (χ4v) is 6.30. The third-order valence-electron chi connectivity index (χ3n) is 3.95. The van der Waals surface area contributed by atoms with E-state index >= 15 is 0 Å². The van der Waals surface area contributed by atoms with Gasteiger partial charge in [0.2, 0.25) is 10.0 Å². The number of rotatable bonds is 5. The number of methoxy groups -OCH3 is 1. The molecule has 0 bridgehead atoms. The molecule has 1 atom stereocenters. The summed E-state index contributed by atoms with van der Waals surface area (Å²) < 4.78 is 33.4. The Balaban J connectivity index is 1.99. The summed E-state index contributed by atoms with van der Waals surface area (Å²) in [7, 11) is -2.33. The molecule has 0 aliphatic carbocycles. The van der Waals surface area contributed by atoms with E-state index in [0.717, 1.165) is 3.57 Å². The van der Waals surface area contributed by atoms with Gasteiger partial charge in [-0.1, -0.05) is 6.07 Å². The van der Waals surface area contributed by atoms with E-state index in [-0.39, 0.29) is 16.3 Å². The van der Waals surface area contributed by atoms with Crippen LogP contribution in [0.2, 0.25) is 0 Å². The van der Waals surface area contributed by atoms with E-state index in [9.17, 15) is 18.5 Å². The molecule has 0 amide bonds. The van der Waals surface area contributed by atoms with E-state index in [0.29, 0.717) is 17.9 Å². The summed E-state index contributed by atoms with van der Waals surface area (Å²) in [6, 6.07) is 11.2. The zero-order valence-corrected chi connectivity index (χ0v) is 17.5. The smallest absolute Gasteiger partial charge is 0.311 e. The number of halogens is 1. The summed E-state index contributed by atoms with van der Waals surface area (Å²) in [6.07, 6.45) is 0. The number of thioether (sulfide) groups is 1. The molecule has 1 aliphatic heterocycles. The Bertz CT molecular complexity index is 934. The summed E-state index contributed by atoms with van der Waals surface area (Å²) >= 11 is 3.56. The highest BCUT2D eigenvalue weighted by molar-refractivity contribution is 14.1. The van der Waals surface area contributed by atoms with E-state index < -0.39 is 20.3 Å². The molecular weight excluding hydrogens is 491 g/mol. The van der Waals surface area contributed by atoms with Crippen molar-refractivity contribution in [1.82, 2.24) is 4.31 Å². The lowest BCUT2D eigenvalue weighted by Gasteiger charge is -2.23. The Morgan fingerprint density at radius 2 is 1.96 bits per heavy atom. The topological polar surface area (TPSA) is 89.8 Å². The molecule has 26 heavy (non-hydrogen) atoms. The van der Waals surface area contributed by atoms with Gasteiger partial charge in [-0.2, -0.15) is 4.31 Å². The predicted octanol–water partition coefficient (Wildman–Crippen LogP) is 3.64. The van der Waals surface area contributed by atoms with Gasteiger partial charge in [0, 0.05) is 21.9 Å². The molecule has 2 aromatic carbocycles. The monoisotopic (exact) mass is 506 g/mol. The molecule has 0 N–H and O–H groups in total. The predicted molar refractivity (Wildman–Crippen MR) is 108 cm³/mol. The summed E-state index contributed by atoms with van der Waals surface area (Å²) in [5.74, 6) is 0.766. The minimum absolute atomic E-state index is 0.147. The fraction of sp³-hybridized carbons (Fsp3) is 0.250. The molecule has 138 valence electrons. The van der Waals surface area contributed by atoms with Crippen molar-refractivity contribution in [3.05, 3.63) is 61.7 Å². The van der Waals surface area contributed by atoms with Crippen LogP contribution in [0.1, 0.15) is 10.9 Å². The van der Waals surface area contributed by atoms with Crippen LogP contribution in [-0.4, -0.2) is 37.1 Å². The average molecular weight is 506 g/mol. The van der Waals surface area contributed by atoms with Crippen molar-refractivity contribution in [2.24, 2.45) is 0 Å². The maximum absolute atomic E-state index is 13.0. The van der Waals surface area contributed by atoms with E-state index in [2.05, 4.69) is 22.6 Å². The third-order valence-corrected chi connectivity index (χ3v) is 7.95. The normalized spacial score (nSPS) is 18.0. The number of hydrogen-bond donors (Lipinski definition) is 0. The lowest BCUT2D eigenvalue weighted by Crippen LogP contribution is -2.30. The summed E-state index contributed by atoms with van der Waals surface area (Å²) in [5, 5.41) is 10.8. The van der Waals surface area contributed by atoms with Gasteiger partial charge in [-0.15, -0.1) is 11.8 Å². The van der Waals surface area contributed by atoms with Gasteiger partial charge in [0.25, 0.3) is 0 Å². The van der Waals surface area contributed by atoms with Crippen LogP contribution < -0.4 is 4.74 Å². The minimum atomic E-state index is -3.69. The first-order valence-corrected chi connectivity index (χ1v) is 11.1. The van der Waals surface area contributed by atoms with Crippen molar-refractivity contribution >= 4 is 50.1 Å². The van der Waals surface area contributed by atoms with E-state index in [4.69, 9.17) is 4.74 Å². The molecule has 1 fully saturated rings. The van der Waals surface area contributed by atoms with Crippen molar-refractivity contribution in [2.45, 2.75) is 10.3 Å². The van der Waals surface area contributed by atoms with Crippen LogP contribution in [0.4, 0.5) is 5.69 Å². The van der Waals surface area contributed by atoms with Crippen LogP contribution in [0.3, 0.4) is 0 Å². The second-order valence-electron chi connectivity index (χ2n) is 5.48. The van der Waals surface area contributed by atoms with Crippen LogP contribution >= 0.6 is 34.4 Å². The Morgan fingerprint density at radius 1 is 1.27 bits per heavy atom. The molecule has 1 saturated heterocycles. The highest BCUT2D eigenvalue weighted by atomic mass is 127. The highest BCUT2D eigenvalue weighted by Gasteiger charge is 2.37. The van der Waals surface area contributed by atoms with E-state index in [1.165, 1.54) is 35.3 Å². The van der Waals surface area contributed by atoms with Crippen molar-refractivity contribution < 1.29 is 18.1 Å². The molecule has 0 aromatic heterocycles. The van der Waals surface area contributed by atoms with Gasteiger partial charge in [-0.3, -0.25) is 10.1 Å². The first-order valence-electron chi connectivity index (χ1n) is 7.56. The molecular formula is C16H15IN2O5S2. The molecule has 0 spiro atoms. The number of sulfonamides is 1. The second-order valence-corrected chi connectivity index (χ2v) is 9.81. The van der Waals surface area contributed by atoms with Gasteiger partial charge in [-0.25, -0.2) is 8.42 Å². The average Bonchev–Trinajstić information content (AvgIpc) is 3.12. The van der Waals surface area contributed by atoms with Crippen molar-refractivity contribution in [2.75, 3.05) is 19.4 Å². The van der Waals surface area contributed by atoms with E-state index in [1.807, 2.05) is 0 Å². The third kappa shape index (κ3) is 3.68. The highest BCUT2D eigenvalue weighted by Crippen LogP contribution is 2.43. The Labute approximate surface area is 169 Å². The van der Waals surface area contributed by atoms with Gasteiger partial charge < -0.3 is 4.74 Å². The number of benzene rings is 2. The molecule has 7 nitrogen and oxygen atoms in total. The standard InChI is InChI=1S/C16H15IN2O5S2/c1-24-15-7-2-11(10-14(15)19(20)21)16-18(8-9-25-16)26(22,23)13-5-3-12(17)4-6-13/h2-7,10,16H,8-9H2,1H3/t16-/m1/s1. The van der Waals surface area contributed by atoms with Crippen LogP contribution in [0, 0.1) is 13.7 Å². The molecule has 0 saturated carbocycles. The maximum atomic E-state index is 13.0. The zero-order valence-electron chi connectivity index (χ0n) is 13.7. The lowest BCUT2D eigenvalue weighted by molar-refractivity contribution is -0.385. The number of ether oxygens (including phenoxy) is 1. The van der Waals surface area contributed by atoms with Crippen molar-refractivity contribution in [3.63, 3.8) is 0 Å². The van der Waals surface area contributed by atoms with Crippen molar-refractivity contribution in [3.8, 4) is 5.75 Å². The number of nitro groups is 1. The first kappa shape index (κ1) is 19.4. The van der Waals surface area contributed by atoms with Crippen molar-refractivity contribution in [1.29, 1.82) is 0 Å². The number of hydrogen-bond acceptors (Lipinski definition) is 6. The molecule has 1 heterocycles. The number of nitrogens with zero attached hydrogens (tertiary/aromatic N) is 2. The van der Waals surface area contributed by atoms with Crippen LogP contribution in [0.25, 0.3) is 0 Å². The lowest BCUT2D eigenvalue weighted by atomic mass is 10.2. The summed E-state index contributed by atoms with van der Waals surface area (Å²) in [4.78, 5) is 11.0. The van der Waals surface area contributed by atoms with Crippen LogP contribution in [-0.2, 0) is 10.0 Å². The zero-order chi connectivity index (χ0) is 18.9. The molecule has 2 aromatic rings. The van der Waals surface area contributed by atoms with Gasteiger partial charge in [-0.05, 0) is 58.5 Å². The largest absolute Gasteiger partial charge is 0.490 e. The minimum Gasteiger partial charge on any atom is -0.490 e. The Morgan fingerprint density at radius 3 is 2.58 bits per heavy atom. The van der Waals surface area contributed by atoms with Gasteiger partial charge in [0.15, 0.2) is 5.75 Å². The first-order chi connectivity index (χ1) is 12.3. The van der Waals surface area contributed by atoms with Gasteiger partial charge >= 0.3 is 5.69 Å². The Kier molecular flexibility index (Phi) is 5.75. The van der Waals surface area contributed by atoms with Crippen LogP contribution in [0.5, 0.6) is 5.75 Å². The summed E-state index contributed by atoms with van der Waals surface area (Å²) in [6.45, 7) is 0.351. The quantitative estimate of drug-likeness (QED) is 0.350. The Hall–Kier alpha value is -1.37. The molecule has 0 unspecified atom stereocenters. The molecule has 10 heteroatoms. The molecule has 1 aliphatic rings. The SMILES string of the molecule is COc1ccc([C@H]2SCCN2S(=O)(=O)c2ccc(I)cc2)cc1[N+](=O)[O-]. The van der Waals surface area contributed by atoms with Gasteiger partial charge in [0.05, 0.1) is 22.3 Å². The van der Waals surface area contributed by atoms with Gasteiger partial charge in [0.1, 0.15) is 0 Å². The number of nitro benzene ring substituents is 1. The summed E-state index contributed by atoms with van der Waals surface area (Å²) in [5.41, 5.74) is 0.387. The fourth-order valence-electron chi connectivity index (χ4n) is 2.71. The van der Waals surface area contributed by atoms with Crippen LogP contribution in [0.15, 0.2) is 47.4 Å². The second kappa shape index (κ2) is 7.71. The molecule has 0 radical (unpaired) electrons.